The number of hydrogen-bond donors (Lipinski definition) is 1. The number of rotatable bonds is 11. The van der Waals surface area contributed by atoms with Crippen LogP contribution in [0.2, 0.25) is 0 Å². The first-order chi connectivity index (χ1) is 9.81. The number of para-hydroxylation sites is 1. The zero-order valence-corrected chi connectivity index (χ0v) is 13.0. The van der Waals surface area contributed by atoms with Gasteiger partial charge in [0.05, 0.1) is 6.61 Å². The van der Waals surface area contributed by atoms with Crippen LogP contribution in [-0.2, 0) is 11.3 Å². The summed E-state index contributed by atoms with van der Waals surface area (Å²) >= 11 is 0. The standard InChI is InChI=1S/C16H28N2O2/c1-4-17-14-15-8-6-7-9-16(15)20-13-11-18(5-2)10-12-19-3/h6-9,17H,4-5,10-14H2,1-3H3. The Balaban J connectivity index is 2.40. The molecule has 0 atom stereocenters. The van der Waals surface area contributed by atoms with Crippen molar-refractivity contribution in [1.29, 1.82) is 0 Å². The number of benzene rings is 1. The van der Waals surface area contributed by atoms with Crippen LogP contribution in [0.3, 0.4) is 0 Å². The lowest BCUT2D eigenvalue weighted by atomic mass is 10.2. The van der Waals surface area contributed by atoms with E-state index in [1.54, 1.807) is 7.11 Å². The summed E-state index contributed by atoms with van der Waals surface area (Å²) in [7, 11) is 1.74. The van der Waals surface area contributed by atoms with Gasteiger partial charge in [0.2, 0.25) is 0 Å². The third kappa shape index (κ3) is 6.37. The molecule has 0 bridgehead atoms. The van der Waals surface area contributed by atoms with Crippen molar-refractivity contribution in [2.24, 2.45) is 0 Å². The Labute approximate surface area is 123 Å². The molecule has 114 valence electrons. The predicted octanol–water partition coefficient (Wildman–Crippen LogP) is 2.14. The van der Waals surface area contributed by atoms with Gasteiger partial charge in [0.25, 0.3) is 0 Å². The van der Waals surface area contributed by atoms with Crippen LogP contribution in [0.4, 0.5) is 0 Å². The molecular weight excluding hydrogens is 252 g/mol. The molecule has 0 aliphatic heterocycles. The van der Waals surface area contributed by atoms with E-state index in [4.69, 9.17) is 9.47 Å². The summed E-state index contributed by atoms with van der Waals surface area (Å²) in [6.45, 7) is 10.5. The highest BCUT2D eigenvalue weighted by molar-refractivity contribution is 5.33. The van der Waals surface area contributed by atoms with Gasteiger partial charge in [-0.1, -0.05) is 32.0 Å². The van der Waals surface area contributed by atoms with E-state index in [9.17, 15) is 0 Å². The van der Waals surface area contributed by atoms with Gasteiger partial charge in [-0.25, -0.2) is 0 Å². The zero-order chi connectivity index (χ0) is 14.6. The van der Waals surface area contributed by atoms with Crippen LogP contribution in [0.1, 0.15) is 19.4 Å². The van der Waals surface area contributed by atoms with Crippen LogP contribution in [0.5, 0.6) is 5.75 Å². The average Bonchev–Trinajstić information content (AvgIpc) is 2.49. The van der Waals surface area contributed by atoms with Crippen molar-refractivity contribution in [2.45, 2.75) is 20.4 Å². The fourth-order valence-electron chi connectivity index (χ4n) is 1.98. The number of methoxy groups -OCH3 is 1. The first-order valence-corrected chi connectivity index (χ1v) is 7.44. The summed E-state index contributed by atoms with van der Waals surface area (Å²) in [5.41, 5.74) is 1.22. The predicted molar refractivity (Wildman–Crippen MR) is 83.3 cm³/mol. The van der Waals surface area contributed by atoms with Gasteiger partial charge in [-0.2, -0.15) is 0 Å². The second-order valence-electron chi connectivity index (χ2n) is 4.66. The summed E-state index contributed by atoms with van der Waals surface area (Å²) in [5.74, 6) is 0.983. The SMILES string of the molecule is CCNCc1ccccc1OCCN(CC)CCOC. The van der Waals surface area contributed by atoms with E-state index in [0.29, 0.717) is 6.61 Å². The summed E-state index contributed by atoms with van der Waals surface area (Å²) in [6.07, 6.45) is 0. The third-order valence-electron chi connectivity index (χ3n) is 3.26. The maximum absolute atomic E-state index is 5.92. The minimum Gasteiger partial charge on any atom is -0.492 e. The third-order valence-corrected chi connectivity index (χ3v) is 3.26. The maximum Gasteiger partial charge on any atom is 0.123 e. The lowest BCUT2D eigenvalue weighted by molar-refractivity contribution is 0.138. The number of hydrogen-bond acceptors (Lipinski definition) is 4. The van der Waals surface area contributed by atoms with Crippen LogP contribution in [0, 0.1) is 0 Å². The Morgan fingerprint density at radius 3 is 2.55 bits per heavy atom. The van der Waals surface area contributed by atoms with Crippen molar-refractivity contribution in [3.63, 3.8) is 0 Å². The van der Waals surface area contributed by atoms with Gasteiger partial charge in [-0.05, 0) is 19.2 Å². The van der Waals surface area contributed by atoms with Gasteiger partial charge in [-0.3, -0.25) is 4.90 Å². The molecule has 0 saturated carbocycles. The number of nitrogens with zero attached hydrogens (tertiary/aromatic N) is 1. The quantitative estimate of drug-likeness (QED) is 0.673. The van der Waals surface area contributed by atoms with E-state index in [0.717, 1.165) is 45.1 Å². The Bertz CT molecular complexity index is 358. The van der Waals surface area contributed by atoms with E-state index in [-0.39, 0.29) is 0 Å². The van der Waals surface area contributed by atoms with Crippen LogP contribution in [-0.4, -0.2) is 51.4 Å². The summed E-state index contributed by atoms with van der Waals surface area (Å²) in [6, 6.07) is 8.22. The molecule has 0 aliphatic carbocycles. The molecule has 0 spiro atoms. The normalized spacial score (nSPS) is 11.0. The topological polar surface area (TPSA) is 33.7 Å². The average molecular weight is 280 g/mol. The fraction of sp³-hybridized carbons (Fsp3) is 0.625. The van der Waals surface area contributed by atoms with E-state index < -0.39 is 0 Å². The largest absolute Gasteiger partial charge is 0.492 e. The molecule has 0 aliphatic rings. The van der Waals surface area contributed by atoms with E-state index >= 15 is 0 Å². The highest BCUT2D eigenvalue weighted by Crippen LogP contribution is 2.17. The molecule has 1 aromatic rings. The molecule has 0 unspecified atom stereocenters. The molecule has 4 heteroatoms. The maximum atomic E-state index is 5.92. The number of ether oxygens (including phenoxy) is 2. The molecule has 20 heavy (non-hydrogen) atoms. The molecule has 0 amide bonds. The molecule has 4 nitrogen and oxygen atoms in total. The van der Waals surface area contributed by atoms with Gasteiger partial charge in [-0.15, -0.1) is 0 Å². The lowest BCUT2D eigenvalue weighted by Crippen LogP contribution is -2.31. The van der Waals surface area contributed by atoms with Gasteiger partial charge < -0.3 is 14.8 Å². The van der Waals surface area contributed by atoms with Crippen molar-refractivity contribution in [2.75, 3.05) is 46.5 Å². The smallest absolute Gasteiger partial charge is 0.123 e. The molecule has 0 saturated heterocycles. The molecule has 1 rings (SSSR count). The van der Waals surface area contributed by atoms with E-state index in [2.05, 4.69) is 36.2 Å². The molecular formula is C16H28N2O2. The second kappa shape index (κ2) is 10.7. The molecule has 0 fully saturated rings. The van der Waals surface area contributed by atoms with Crippen molar-refractivity contribution in [3.8, 4) is 5.75 Å². The molecule has 0 aromatic heterocycles. The first kappa shape index (κ1) is 17.0. The van der Waals surface area contributed by atoms with E-state index in [1.165, 1.54) is 5.56 Å². The first-order valence-electron chi connectivity index (χ1n) is 7.44. The monoisotopic (exact) mass is 280 g/mol. The Kier molecular flexibility index (Phi) is 9.04. The molecule has 0 radical (unpaired) electrons. The minimum absolute atomic E-state index is 0.709. The summed E-state index contributed by atoms with van der Waals surface area (Å²) < 4.78 is 11.0. The van der Waals surface area contributed by atoms with Crippen LogP contribution in [0.25, 0.3) is 0 Å². The highest BCUT2D eigenvalue weighted by atomic mass is 16.5. The Morgan fingerprint density at radius 1 is 1.10 bits per heavy atom. The summed E-state index contributed by atoms with van der Waals surface area (Å²) in [4.78, 5) is 2.33. The van der Waals surface area contributed by atoms with Gasteiger partial charge in [0, 0.05) is 32.3 Å². The second-order valence-corrected chi connectivity index (χ2v) is 4.66. The van der Waals surface area contributed by atoms with Gasteiger partial charge in [0.1, 0.15) is 12.4 Å². The van der Waals surface area contributed by atoms with Crippen molar-refractivity contribution in [3.05, 3.63) is 29.8 Å². The fourth-order valence-corrected chi connectivity index (χ4v) is 1.98. The molecule has 0 heterocycles. The lowest BCUT2D eigenvalue weighted by Gasteiger charge is -2.20. The minimum atomic E-state index is 0.709. The van der Waals surface area contributed by atoms with Crippen LogP contribution in [0.15, 0.2) is 24.3 Å². The zero-order valence-electron chi connectivity index (χ0n) is 13.0. The van der Waals surface area contributed by atoms with Crippen molar-refractivity contribution < 1.29 is 9.47 Å². The van der Waals surface area contributed by atoms with Crippen LogP contribution < -0.4 is 10.1 Å². The Morgan fingerprint density at radius 2 is 1.85 bits per heavy atom. The Hall–Kier alpha value is -1.10. The number of likely N-dealkylation sites (N-methyl/N-ethyl adjacent to an activating group) is 1. The molecule has 1 N–H and O–H groups in total. The van der Waals surface area contributed by atoms with Crippen LogP contribution >= 0.6 is 0 Å². The van der Waals surface area contributed by atoms with Crippen molar-refractivity contribution >= 4 is 0 Å². The summed E-state index contributed by atoms with van der Waals surface area (Å²) in [5, 5.41) is 3.34. The van der Waals surface area contributed by atoms with Crippen molar-refractivity contribution in [1.82, 2.24) is 10.2 Å². The van der Waals surface area contributed by atoms with E-state index in [1.807, 2.05) is 12.1 Å². The van der Waals surface area contributed by atoms with Gasteiger partial charge >= 0.3 is 0 Å². The van der Waals surface area contributed by atoms with Gasteiger partial charge in [0.15, 0.2) is 0 Å². The highest BCUT2D eigenvalue weighted by Gasteiger charge is 2.05. The number of nitrogens with one attached hydrogen (secondary N) is 1. The molecule has 1 aromatic carbocycles.